The van der Waals surface area contributed by atoms with Gasteiger partial charge in [0.2, 0.25) is 5.88 Å². The third kappa shape index (κ3) is 3.45. The number of piperazine rings is 1. The van der Waals surface area contributed by atoms with E-state index in [1.807, 2.05) is 6.92 Å². The number of aromatic nitrogens is 2. The fourth-order valence-electron chi connectivity index (χ4n) is 2.75. The van der Waals surface area contributed by atoms with Gasteiger partial charge in [-0.05, 0) is 28.9 Å². The topological polar surface area (TPSA) is 108 Å². The van der Waals surface area contributed by atoms with Gasteiger partial charge in [0, 0.05) is 19.1 Å². The quantitative estimate of drug-likeness (QED) is 0.704. The summed E-state index contributed by atoms with van der Waals surface area (Å²) < 4.78 is 20.0. The van der Waals surface area contributed by atoms with E-state index in [-0.39, 0.29) is 52.2 Å². The molecule has 10 heteroatoms. The van der Waals surface area contributed by atoms with Gasteiger partial charge in [0.25, 0.3) is 0 Å². The highest BCUT2D eigenvalue weighted by molar-refractivity contribution is 9.10. The highest BCUT2D eigenvalue weighted by atomic mass is 79.9. The first kappa shape index (κ1) is 17.6. The molecule has 2 atom stereocenters. The van der Waals surface area contributed by atoms with Crippen molar-refractivity contribution in [3.63, 3.8) is 0 Å². The predicted octanol–water partition coefficient (Wildman–Crippen LogP) is 1.96. The SMILES string of the molecule is C[C@H]1CN[C@H](COc2cc(Br)c(F)c3ncnc(O)c23)CN1C(=O)O. The van der Waals surface area contributed by atoms with Crippen LogP contribution in [-0.4, -0.2) is 63.0 Å². The summed E-state index contributed by atoms with van der Waals surface area (Å²) in [4.78, 5) is 20.1. The number of benzene rings is 1. The molecule has 3 N–H and O–H groups in total. The number of aromatic hydroxyl groups is 1. The Morgan fingerprint density at radius 2 is 2.32 bits per heavy atom. The van der Waals surface area contributed by atoms with E-state index in [4.69, 9.17) is 4.74 Å². The molecule has 8 nitrogen and oxygen atoms in total. The van der Waals surface area contributed by atoms with Crippen molar-refractivity contribution in [2.24, 2.45) is 0 Å². The van der Waals surface area contributed by atoms with E-state index in [1.54, 1.807) is 0 Å². The summed E-state index contributed by atoms with van der Waals surface area (Å²) >= 11 is 3.10. The Balaban J connectivity index is 1.82. The number of hydrogen-bond acceptors (Lipinski definition) is 6. The highest BCUT2D eigenvalue weighted by Gasteiger charge is 2.29. The lowest BCUT2D eigenvalue weighted by Gasteiger charge is -2.36. The van der Waals surface area contributed by atoms with Crippen molar-refractivity contribution in [3.8, 4) is 11.6 Å². The Kier molecular flexibility index (Phi) is 4.91. The van der Waals surface area contributed by atoms with Crippen LogP contribution < -0.4 is 10.1 Å². The maximum absolute atomic E-state index is 14.1. The number of rotatable bonds is 3. The molecule has 0 bridgehead atoms. The van der Waals surface area contributed by atoms with Gasteiger partial charge in [0.15, 0.2) is 5.82 Å². The average molecular weight is 415 g/mol. The summed E-state index contributed by atoms with van der Waals surface area (Å²) in [6.07, 6.45) is 0.0752. The van der Waals surface area contributed by atoms with Gasteiger partial charge < -0.3 is 25.2 Å². The Morgan fingerprint density at radius 3 is 3.04 bits per heavy atom. The molecule has 2 heterocycles. The molecule has 1 fully saturated rings. The number of carbonyl (C=O) groups is 1. The van der Waals surface area contributed by atoms with E-state index in [2.05, 4.69) is 31.2 Å². The molecule has 1 aromatic heterocycles. The van der Waals surface area contributed by atoms with Gasteiger partial charge in [-0.25, -0.2) is 19.2 Å². The Bertz CT molecular complexity index is 822. The third-order valence-electron chi connectivity index (χ3n) is 4.09. The molecule has 0 spiro atoms. The largest absolute Gasteiger partial charge is 0.493 e. The molecule has 0 aliphatic carbocycles. The summed E-state index contributed by atoms with van der Waals surface area (Å²) in [6, 6.07) is 1.02. The fourth-order valence-corrected chi connectivity index (χ4v) is 3.14. The van der Waals surface area contributed by atoms with Crippen LogP contribution in [0, 0.1) is 5.82 Å². The van der Waals surface area contributed by atoms with Crippen molar-refractivity contribution < 1.29 is 24.1 Å². The number of nitrogens with zero attached hydrogens (tertiary/aromatic N) is 3. The zero-order valence-corrected chi connectivity index (χ0v) is 14.8. The van der Waals surface area contributed by atoms with E-state index < -0.39 is 11.9 Å². The normalized spacial score (nSPS) is 20.7. The number of carboxylic acid groups (broad SMARTS) is 1. The molecule has 1 amide bonds. The number of ether oxygens (including phenoxy) is 1. The Morgan fingerprint density at radius 1 is 1.56 bits per heavy atom. The van der Waals surface area contributed by atoms with Gasteiger partial charge in [-0.1, -0.05) is 0 Å². The molecule has 3 rings (SSSR count). The minimum absolute atomic E-state index is 0.0609. The lowest BCUT2D eigenvalue weighted by atomic mass is 10.1. The smallest absolute Gasteiger partial charge is 0.407 e. The number of halogens is 2. The van der Waals surface area contributed by atoms with Crippen LogP contribution in [0.4, 0.5) is 9.18 Å². The van der Waals surface area contributed by atoms with Crippen molar-refractivity contribution in [3.05, 3.63) is 22.7 Å². The summed E-state index contributed by atoms with van der Waals surface area (Å²) in [7, 11) is 0. The van der Waals surface area contributed by atoms with Crippen molar-refractivity contribution in [1.29, 1.82) is 0 Å². The van der Waals surface area contributed by atoms with Crippen LogP contribution in [0.15, 0.2) is 16.9 Å². The number of hydrogen-bond donors (Lipinski definition) is 3. The van der Waals surface area contributed by atoms with Gasteiger partial charge in [-0.3, -0.25) is 0 Å². The molecule has 0 saturated carbocycles. The van der Waals surface area contributed by atoms with Crippen LogP contribution in [0.25, 0.3) is 10.9 Å². The van der Waals surface area contributed by atoms with Gasteiger partial charge in [-0.2, -0.15) is 0 Å². The molecular formula is C15H16BrFN4O4. The van der Waals surface area contributed by atoms with E-state index in [9.17, 15) is 19.4 Å². The second kappa shape index (κ2) is 6.96. The van der Waals surface area contributed by atoms with Crippen LogP contribution >= 0.6 is 15.9 Å². The molecule has 1 aliphatic heterocycles. The van der Waals surface area contributed by atoms with Crippen LogP contribution in [-0.2, 0) is 0 Å². The van der Waals surface area contributed by atoms with Gasteiger partial charge in [-0.15, -0.1) is 0 Å². The van der Waals surface area contributed by atoms with E-state index in [0.717, 1.165) is 6.33 Å². The first-order chi connectivity index (χ1) is 11.9. The number of nitrogens with one attached hydrogen (secondary N) is 1. The Labute approximate surface area is 150 Å². The molecule has 1 aromatic carbocycles. The van der Waals surface area contributed by atoms with Crippen LogP contribution in [0.5, 0.6) is 11.6 Å². The standard InChI is InChI=1S/C15H16BrFN4O4/c1-7-3-18-8(4-21(7)15(23)24)5-25-10-2-9(16)12(17)13-11(10)14(22)20-6-19-13/h2,6-8,18H,3-5H2,1H3,(H,23,24)(H,19,20,22)/t7-,8-/m0/s1. The maximum Gasteiger partial charge on any atom is 0.407 e. The van der Waals surface area contributed by atoms with Gasteiger partial charge >= 0.3 is 6.09 Å². The van der Waals surface area contributed by atoms with Crippen LogP contribution in [0.2, 0.25) is 0 Å². The summed E-state index contributed by atoms with van der Waals surface area (Å²) in [5.41, 5.74) is -0.0609. The second-order valence-electron chi connectivity index (χ2n) is 5.79. The van der Waals surface area contributed by atoms with Gasteiger partial charge in [0.1, 0.15) is 29.6 Å². The summed E-state index contributed by atoms with van der Waals surface area (Å²) in [5, 5.41) is 22.4. The van der Waals surface area contributed by atoms with E-state index in [1.165, 1.54) is 11.0 Å². The number of fused-ring (bicyclic) bond motifs is 1. The maximum atomic E-state index is 14.1. The second-order valence-corrected chi connectivity index (χ2v) is 6.65. The third-order valence-corrected chi connectivity index (χ3v) is 4.66. The summed E-state index contributed by atoms with van der Waals surface area (Å²) in [6.45, 7) is 2.72. The van der Waals surface area contributed by atoms with Crippen molar-refractivity contribution in [2.45, 2.75) is 19.0 Å². The molecule has 1 saturated heterocycles. The first-order valence-electron chi connectivity index (χ1n) is 7.56. The zero-order chi connectivity index (χ0) is 18.1. The van der Waals surface area contributed by atoms with Crippen molar-refractivity contribution >= 4 is 32.9 Å². The van der Waals surface area contributed by atoms with Gasteiger partial charge in [0.05, 0.1) is 10.5 Å². The molecular weight excluding hydrogens is 399 g/mol. The summed E-state index contributed by atoms with van der Waals surface area (Å²) in [5.74, 6) is -0.797. The molecule has 0 unspecified atom stereocenters. The van der Waals surface area contributed by atoms with Crippen LogP contribution in [0.3, 0.4) is 0 Å². The lowest BCUT2D eigenvalue weighted by molar-refractivity contribution is 0.0935. The molecule has 2 aromatic rings. The molecule has 1 aliphatic rings. The predicted molar refractivity (Wildman–Crippen MR) is 90.3 cm³/mol. The monoisotopic (exact) mass is 414 g/mol. The molecule has 134 valence electrons. The van der Waals surface area contributed by atoms with Crippen LogP contribution in [0.1, 0.15) is 6.92 Å². The molecule has 0 radical (unpaired) electrons. The zero-order valence-electron chi connectivity index (χ0n) is 13.2. The lowest BCUT2D eigenvalue weighted by Crippen LogP contribution is -2.58. The number of amides is 1. The van der Waals surface area contributed by atoms with E-state index >= 15 is 0 Å². The minimum atomic E-state index is -0.986. The molecule has 25 heavy (non-hydrogen) atoms. The fraction of sp³-hybridized carbons (Fsp3) is 0.400. The Hall–Kier alpha value is -2.20. The average Bonchev–Trinajstić information content (AvgIpc) is 2.58. The highest BCUT2D eigenvalue weighted by Crippen LogP contribution is 2.36. The van der Waals surface area contributed by atoms with Crippen molar-refractivity contribution in [1.82, 2.24) is 20.2 Å². The van der Waals surface area contributed by atoms with E-state index in [0.29, 0.717) is 6.54 Å². The first-order valence-corrected chi connectivity index (χ1v) is 8.35. The van der Waals surface area contributed by atoms with Crippen molar-refractivity contribution in [2.75, 3.05) is 19.7 Å². The minimum Gasteiger partial charge on any atom is -0.493 e.